The van der Waals surface area contributed by atoms with Gasteiger partial charge in [0.1, 0.15) is 5.82 Å². The van der Waals surface area contributed by atoms with Gasteiger partial charge < -0.3 is 0 Å². The molecule has 1 heterocycles. The van der Waals surface area contributed by atoms with E-state index in [0.29, 0.717) is 5.82 Å². The number of carbonyl (C=O) groups excluding carboxylic acids is 1. The number of hydrogen-bond acceptors (Lipinski definition) is 2. The van der Waals surface area contributed by atoms with E-state index in [-0.39, 0.29) is 5.91 Å². The van der Waals surface area contributed by atoms with Gasteiger partial charge in [0.05, 0.1) is 5.69 Å². The smallest absolute Gasteiger partial charge is 0.229 e. The summed E-state index contributed by atoms with van der Waals surface area (Å²) in [5.41, 5.74) is 1.81. The molecule has 0 aliphatic rings. The van der Waals surface area contributed by atoms with Crippen molar-refractivity contribution in [2.75, 3.05) is 4.90 Å². The Hall–Kier alpha value is -2.16. The third-order valence-corrected chi connectivity index (χ3v) is 2.52. The van der Waals surface area contributed by atoms with Crippen LogP contribution in [0.3, 0.4) is 0 Å². The molecule has 0 fully saturated rings. The molecule has 1 amide bonds. The SMILES string of the molecule is CC(=O)N(c1ccccc1)c1ncccc1C. The second kappa shape index (κ2) is 4.78. The predicted molar refractivity (Wildman–Crippen MR) is 68.2 cm³/mol. The first-order chi connectivity index (χ1) is 8.20. The summed E-state index contributed by atoms with van der Waals surface area (Å²) in [6, 6.07) is 13.3. The molecule has 0 saturated heterocycles. The highest BCUT2D eigenvalue weighted by Crippen LogP contribution is 2.25. The molecule has 3 nitrogen and oxygen atoms in total. The molecule has 0 atom stereocenters. The third kappa shape index (κ3) is 2.33. The van der Waals surface area contributed by atoms with Crippen molar-refractivity contribution < 1.29 is 4.79 Å². The van der Waals surface area contributed by atoms with Crippen molar-refractivity contribution in [3.63, 3.8) is 0 Å². The Morgan fingerprint density at radius 1 is 1.12 bits per heavy atom. The summed E-state index contributed by atoms with van der Waals surface area (Å²) in [5.74, 6) is 0.643. The monoisotopic (exact) mass is 226 g/mol. The number of aromatic nitrogens is 1. The maximum absolute atomic E-state index is 11.8. The van der Waals surface area contributed by atoms with Crippen molar-refractivity contribution in [1.29, 1.82) is 0 Å². The van der Waals surface area contributed by atoms with Gasteiger partial charge in [0, 0.05) is 13.1 Å². The molecule has 0 spiro atoms. The van der Waals surface area contributed by atoms with Crippen LogP contribution in [0.25, 0.3) is 0 Å². The molecule has 0 N–H and O–H groups in total. The summed E-state index contributed by atoms with van der Waals surface area (Å²) in [6.45, 7) is 3.49. The van der Waals surface area contributed by atoms with Crippen molar-refractivity contribution in [2.45, 2.75) is 13.8 Å². The Morgan fingerprint density at radius 3 is 2.41 bits per heavy atom. The minimum atomic E-state index is -0.0435. The lowest BCUT2D eigenvalue weighted by atomic mass is 10.2. The highest BCUT2D eigenvalue weighted by atomic mass is 16.2. The maximum Gasteiger partial charge on any atom is 0.229 e. The molecule has 0 aliphatic carbocycles. The van der Waals surface area contributed by atoms with Gasteiger partial charge in [0.25, 0.3) is 0 Å². The summed E-state index contributed by atoms with van der Waals surface area (Å²) in [6.07, 6.45) is 1.70. The van der Waals surface area contributed by atoms with E-state index < -0.39 is 0 Å². The molecule has 0 unspecified atom stereocenters. The molecule has 0 bridgehead atoms. The summed E-state index contributed by atoms with van der Waals surface area (Å²) in [7, 11) is 0. The van der Waals surface area contributed by atoms with E-state index in [1.165, 1.54) is 0 Å². The first-order valence-corrected chi connectivity index (χ1v) is 5.47. The summed E-state index contributed by atoms with van der Waals surface area (Å²) in [4.78, 5) is 17.7. The Labute approximate surface area is 101 Å². The molecular formula is C14H14N2O. The van der Waals surface area contributed by atoms with Gasteiger partial charge >= 0.3 is 0 Å². The van der Waals surface area contributed by atoms with Crippen molar-refractivity contribution in [3.05, 3.63) is 54.2 Å². The number of nitrogens with zero attached hydrogens (tertiary/aromatic N) is 2. The zero-order chi connectivity index (χ0) is 12.3. The number of para-hydroxylation sites is 1. The van der Waals surface area contributed by atoms with E-state index >= 15 is 0 Å². The quantitative estimate of drug-likeness (QED) is 0.788. The standard InChI is InChI=1S/C14H14N2O/c1-11-7-6-10-15-14(11)16(12(2)17)13-8-4-3-5-9-13/h3-10H,1-2H3. The number of hydrogen-bond donors (Lipinski definition) is 0. The molecule has 0 saturated carbocycles. The first kappa shape index (κ1) is 11.3. The topological polar surface area (TPSA) is 33.2 Å². The number of rotatable bonds is 2. The van der Waals surface area contributed by atoms with Gasteiger partial charge in [-0.2, -0.15) is 0 Å². The van der Waals surface area contributed by atoms with Crippen molar-refractivity contribution in [2.24, 2.45) is 0 Å². The fraction of sp³-hybridized carbons (Fsp3) is 0.143. The van der Waals surface area contributed by atoms with E-state index in [4.69, 9.17) is 0 Å². The third-order valence-electron chi connectivity index (χ3n) is 2.52. The Kier molecular flexibility index (Phi) is 3.19. The molecule has 3 heteroatoms. The van der Waals surface area contributed by atoms with Crippen LogP contribution in [-0.4, -0.2) is 10.9 Å². The molecule has 17 heavy (non-hydrogen) atoms. The van der Waals surface area contributed by atoms with E-state index in [0.717, 1.165) is 11.3 Å². The average Bonchev–Trinajstić information content (AvgIpc) is 2.33. The number of aryl methyl sites for hydroxylation is 1. The lowest BCUT2D eigenvalue weighted by molar-refractivity contribution is -0.115. The fourth-order valence-electron chi connectivity index (χ4n) is 1.74. The van der Waals surface area contributed by atoms with Gasteiger partial charge in [-0.05, 0) is 30.7 Å². The second-order valence-corrected chi connectivity index (χ2v) is 3.83. The fourth-order valence-corrected chi connectivity index (χ4v) is 1.74. The van der Waals surface area contributed by atoms with Gasteiger partial charge in [0.2, 0.25) is 5.91 Å². The van der Waals surface area contributed by atoms with Crippen LogP contribution in [0.5, 0.6) is 0 Å². The average molecular weight is 226 g/mol. The number of carbonyl (C=O) groups is 1. The normalized spacial score (nSPS) is 10.0. The van der Waals surface area contributed by atoms with Gasteiger partial charge in [-0.1, -0.05) is 24.3 Å². The number of anilines is 2. The predicted octanol–water partition coefficient (Wildman–Crippen LogP) is 3.07. The zero-order valence-corrected chi connectivity index (χ0v) is 9.92. The zero-order valence-electron chi connectivity index (χ0n) is 9.92. The highest BCUT2D eigenvalue weighted by molar-refractivity contribution is 5.98. The van der Waals surface area contributed by atoms with Gasteiger partial charge in [-0.25, -0.2) is 4.98 Å². The van der Waals surface area contributed by atoms with Crippen LogP contribution in [0.4, 0.5) is 11.5 Å². The van der Waals surface area contributed by atoms with Crippen molar-refractivity contribution in [1.82, 2.24) is 4.98 Å². The summed E-state index contributed by atoms with van der Waals surface area (Å²) >= 11 is 0. The van der Waals surface area contributed by atoms with Crippen LogP contribution in [0.15, 0.2) is 48.7 Å². The highest BCUT2D eigenvalue weighted by Gasteiger charge is 2.16. The van der Waals surface area contributed by atoms with E-state index in [1.54, 1.807) is 18.0 Å². The lowest BCUT2D eigenvalue weighted by Gasteiger charge is -2.21. The maximum atomic E-state index is 11.8. The van der Waals surface area contributed by atoms with Gasteiger partial charge in [-0.15, -0.1) is 0 Å². The van der Waals surface area contributed by atoms with Crippen LogP contribution >= 0.6 is 0 Å². The van der Waals surface area contributed by atoms with Crippen molar-refractivity contribution in [3.8, 4) is 0 Å². The number of amides is 1. The van der Waals surface area contributed by atoms with E-state index in [9.17, 15) is 4.79 Å². The number of benzene rings is 1. The minimum Gasteiger partial charge on any atom is -0.274 e. The Morgan fingerprint density at radius 2 is 1.82 bits per heavy atom. The van der Waals surface area contributed by atoms with E-state index in [1.807, 2.05) is 49.4 Å². The van der Waals surface area contributed by atoms with Crippen LogP contribution < -0.4 is 4.90 Å². The first-order valence-electron chi connectivity index (χ1n) is 5.47. The Balaban J connectivity index is 2.51. The van der Waals surface area contributed by atoms with Gasteiger partial charge in [-0.3, -0.25) is 9.69 Å². The Bertz CT molecular complexity index is 523. The van der Waals surface area contributed by atoms with Crippen LogP contribution in [0, 0.1) is 6.92 Å². The van der Waals surface area contributed by atoms with Crippen LogP contribution in [0.1, 0.15) is 12.5 Å². The van der Waals surface area contributed by atoms with Gasteiger partial charge in [0.15, 0.2) is 0 Å². The summed E-state index contributed by atoms with van der Waals surface area (Å²) < 4.78 is 0. The second-order valence-electron chi connectivity index (χ2n) is 3.83. The molecular weight excluding hydrogens is 212 g/mol. The molecule has 86 valence electrons. The molecule has 1 aromatic carbocycles. The largest absolute Gasteiger partial charge is 0.274 e. The molecule has 1 aromatic heterocycles. The molecule has 0 radical (unpaired) electrons. The summed E-state index contributed by atoms with van der Waals surface area (Å²) in [5, 5.41) is 0. The molecule has 2 aromatic rings. The molecule has 0 aliphatic heterocycles. The van der Waals surface area contributed by atoms with Crippen LogP contribution in [-0.2, 0) is 4.79 Å². The minimum absolute atomic E-state index is 0.0435. The lowest BCUT2D eigenvalue weighted by Crippen LogP contribution is -2.24. The molecule has 2 rings (SSSR count). The van der Waals surface area contributed by atoms with E-state index in [2.05, 4.69) is 4.98 Å². The van der Waals surface area contributed by atoms with Crippen LogP contribution in [0.2, 0.25) is 0 Å². The number of pyridine rings is 1. The van der Waals surface area contributed by atoms with Crippen molar-refractivity contribution >= 4 is 17.4 Å².